The first-order valence-corrected chi connectivity index (χ1v) is 9.74. The molecule has 2 aromatic rings. The van der Waals surface area contributed by atoms with E-state index in [-0.39, 0.29) is 30.7 Å². The molecule has 2 heterocycles. The number of hydrogen-bond acceptors (Lipinski definition) is 5. The zero-order chi connectivity index (χ0) is 21.6. The molecule has 0 unspecified atom stereocenters. The fourth-order valence-corrected chi connectivity index (χ4v) is 4.63. The number of rotatable bonds is 3. The Balaban J connectivity index is 1.76. The summed E-state index contributed by atoms with van der Waals surface area (Å²) in [6, 6.07) is 11.6. The summed E-state index contributed by atoms with van der Waals surface area (Å²) in [7, 11) is 4.68. The minimum Gasteiger partial charge on any atom is -0.496 e. The van der Waals surface area contributed by atoms with Crippen molar-refractivity contribution in [1.29, 1.82) is 0 Å². The molecule has 0 radical (unpaired) electrons. The van der Waals surface area contributed by atoms with Crippen molar-refractivity contribution in [3.05, 3.63) is 59.2 Å². The number of ether oxygens (including phenoxy) is 2. The van der Waals surface area contributed by atoms with Crippen LogP contribution in [0.2, 0.25) is 0 Å². The van der Waals surface area contributed by atoms with Crippen molar-refractivity contribution in [3.8, 4) is 11.5 Å². The largest absolute Gasteiger partial charge is 0.496 e. The van der Waals surface area contributed by atoms with Gasteiger partial charge in [-0.25, -0.2) is 0 Å². The van der Waals surface area contributed by atoms with Gasteiger partial charge in [0.2, 0.25) is 0 Å². The number of methoxy groups -OCH3 is 2. The van der Waals surface area contributed by atoms with Crippen molar-refractivity contribution in [2.75, 3.05) is 34.4 Å². The molecule has 0 aliphatic carbocycles. The summed E-state index contributed by atoms with van der Waals surface area (Å²) in [6.07, 6.45) is 0. The monoisotopic (exact) mass is 408 g/mol. The fourth-order valence-electron chi connectivity index (χ4n) is 4.63. The Bertz CT molecular complexity index is 1030. The number of fused-ring (bicyclic) bond motifs is 2. The normalized spacial score (nSPS) is 23.0. The summed E-state index contributed by atoms with van der Waals surface area (Å²) >= 11 is 0. The second-order valence-corrected chi connectivity index (χ2v) is 7.95. The van der Waals surface area contributed by atoms with Gasteiger partial charge in [-0.05, 0) is 25.1 Å². The number of benzene rings is 2. The van der Waals surface area contributed by atoms with Crippen LogP contribution >= 0.6 is 0 Å². The molecule has 1 saturated heterocycles. The van der Waals surface area contributed by atoms with E-state index in [9.17, 15) is 14.4 Å². The average Bonchev–Trinajstić information content (AvgIpc) is 3.12. The van der Waals surface area contributed by atoms with E-state index < -0.39 is 11.5 Å². The molecule has 2 atom stereocenters. The number of likely N-dealkylation sites (N-methyl/N-ethyl adjacent to an activating group) is 1. The number of amides is 2. The van der Waals surface area contributed by atoms with Crippen LogP contribution in [0.4, 0.5) is 0 Å². The summed E-state index contributed by atoms with van der Waals surface area (Å²) in [5.41, 5.74) is 0.208. The Morgan fingerprint density at radius 3 is 2.20 bits per heavy atom. The molecule has 4 rings (SSSR count). The van der Waals surface area contributed by atoms with Gasteiger partial charge < -0.3 is 19.3 Å². The highest BCUT2D eigenvalue weighted by Crippen LogP contribution is 2.42. The van der Waals surface area contributed by atoms with Crippen LogP contribution in [0.15, 0.2) is 42.5 Å². The molecule has 156 valence electrons. The maximum Gasteiger partial charge on any atom is 0.261 e. The molecule has 2 aromatic carbocycles. The molecule has 30 heavy (non-hydrogen) atoms. The van der Waals surface area contributed by atoms with Crippen molar-refractivity contribution in [1.82, 2.24) is 9.80 Å². The van der Waals surface area contributed by atoms with Gasteiger partial charge >= 0.3 is 0 Å². The molecule has 2 amide bonds. The highest BCUT2D eigenvalue weighted by molar-refractivity contribution is 6.13. The third kappa shape index (κ3) is 2.76. The lowest BCUT2D eigenvalue weighted by Gasteiger charge is -2.32. The Morgan fingerprint density at radius 1 is 1.00 bits per heavy atom. The lowest BCUT2D eigenvalue weighted by atomic mass is 9.78. The van der Waals surface area contributed by atoms with Crippen LogP contribution in [0.1, 0.15) is 38.0 Å². The number of nitrogens with zero attached hydrogens (tertiary/aromatic N) is 2. The molecule has 7 heteroatoms. The molecular weight excluding hydrogens is 384 g/mol. The van der Waals surface area contributed by atoms with Crippen molar-refractivity contribution >= 4 is 17.6 Å². The second kappa shape index (κ2) is 7.16. The van der Waals surface area contributed by atoms with E-state index in [0.717, 1.165) is 0 Å². The molecule has 0 aromatic heterocycles. The minimum absolute atomic E-state index is 0.122. The van der Waals surface area contributed by atoms with Gasteiger partial charge in [0.15, 0.2) is 5.78 Å². The predicted molar refractivity (Wildman–Crippen MR) is 110 cm³/mol. The van der Waals surface area contributed by atoms with Gasteiger partial charge in [0.25, 0.3) is 11.8 Å². The van der Waals surface area contributed by atoms with E-state index in [2.05, 4.69) is 0 Å². The lowest BCUT2D eigenvalue weighted by Crippen LogP contribution is -2.48. The molecule has 7 nitrogen and oxygen atoms in total. The Kier molecular flexibility index (Phi) is 4.76. The molecule has 0 bridgehead atoms. The lowest BCUT2D eigenvalue weighted by molar-refractivity contribution is 0.0606. The van der Waals surface area contributed by atoms with Crippen LogP contribution in [0.5, 0.6) is 11.5 Å². The smallest absolute Gasteiger partial charge is 0.261 e. The van der Waals surface area contributed by atoms with Crippen LogP contribution in [0.3, 0.4) is 0 Å². The Morgan fingerprint density at radius 2 is 1.60 bits per heavy atom. The number of ketones is 1. The first-order valence-electron chi connectivity index (χ1n) is 9.74. The first kappa shape index (κ1) is 19.9. The summed E-state index contributed by atoms with van der Waals surface area (Å²) in [5.74, 6) is 0.177. The molecule has 0 N–H and O–H groups in total. The van der Waals surface area contributed by atoms with Crippen LogP contribution < -0.4 is 9.47 Å². The maximum absolute atomic E-state index is 13.5. The van der Waals surface area contributed by atoms with Crippen molar-refractivity contribution in [2.45, 2.75) is 13.0 Å². The molecule has 2 aliphatic heterocycles. The number of hydrogen-bond donors (Lipinski definition) is 0. The quantitative estimate of drug-likeness (QED) is 0.780. The molecular formula is C23H24N2O5. The zero-order valence-electron chi connectivity index (χ0n) is 17.5. The molecule has 0 saturated carbocycles. The van der Waals surface area contributed by atoms with Crippen molar-refractivity contribution in [2.24, 2.45) is 5.41 Å². The van der Waals surface area contributed by atoms with E-state index in [0.29, 0.717) is 28.2 Å². The van der Waals surface area contributed by atoms with E-state index in [1.807, 2.05) is 6.92 Å². The van der Waals surface area contributed by atoms with Gasteiger partial charge in [0.1, 0.15) is 17.1 Å². The Labute approximate surface area is 175 Å². The van der Waals surface area contributed by atoms with Crippen LogP contribution in [0.25, 0.3) is 0 Å². The number of carbonyl (C=O) groups excluding carboxylic acids is 3. The number of carbonyl (C=O) groups is 3. The topological polar surface area (TPSA) is 76.2 Å². The van der Waals surface area contributed by atoms with Gasteiger partial charge in [-0.15, -0.1) is 0 Å². The van der Waals surface area contributed by atoms with Crippen LogP contribution in [-0.2, 0) is 0 Å². The number of Topliss-reactive ketones (excluding diaryl/α,β-unsaturated/α-hetero) is 1. The van der Waals surface area contributed by atoms with E-state index in [4.69, 9.17) is 9.47 Å². The highest BCUT2D eigenvalue weighted by Gasteiger charge is 2.55. The van der Waals surface area contributed by atoms with E-state index in [1.165, 1.54) is 14.2 Å². The van der Waals surface area contributed by atoms with Gasteiger partial charge in [-0.2, -0.15) is 0 Å². The zero-order valence-corrected chi connectivity index (χ0v) is 17.5. The number of likely N-dealkylation sites (tertiary alicyclic amines) is 1. The summed E-state index contributed by atoms with van der Waals surface area (Å²) in [4.78, 5) is 43.2. The fraction of sp³-hybridized carbons (Fsp3) is 0.348. The standard InChI is InChI=1S/C23H24N2O5/c1-23-13-25(22(28)19-16(29-3)10-7-11-17(19)30-4)12-18(23)24(2)21(27)15-9-6-5-8-14(15)20(23)26/h5-11,18H,12-13H2,1-4H3/t18-,23+/m1/s1. The van der Waals surface area contributed by atoms with Crippen molar-refractivity contribution < 1.29 is 23.9 Å². The third-order valence-corrected chi connectivity index (χ3v) is 6.29. The SMILES string of the molecule is COc1cccc(OC)c1C(=O)N1C[C@H]2N(C)C(=O)c3ccccc3C(=O)[C@@]2(C)C1. The van der Waals surface area contributed by atoms with Crippen molar-refractivity contribution in [3.63, 3.8) is 0 Å². The summed E-state index contributed by atoms with van der Waals surface area (Å²) in [5, 5.41) is 0. The third-order valence-electron chi connectivity index (χ3n) is 6.29. The summed E-state index contributed by atoms with van der Waals surface area (Å²) < 4.78 is 10.8. The van der Waals surface area contributed by atoms with Gasteiger partial charge in [0.05, 0.1) is 31.2 Å². The molecule has 2 aliphatic rings. The van der Waals surface area contributed by atoms with Gasteiger partial charge in [-0.3, -0.25) is 14.4 Å². The first-order chi connectivity index (χ1) is 14.3. The second-order valence-electron chi connectivity index (χ2n) is 7.95. The van der Waals surface area contributed by atoms with Crippen LogP contribution in [-0.4, -0.2) is 67.8 Å². The van der Waals surface area contributed by atoms with Gasteiger partial charge in [0, 0.05) is 25.7 Å². The predicted octanol–water partition coefficient (Wildman–Crippen LogP) is 2.50. The van der Waals surface area contributed by atoms with E-state index in [1.54, 1.807) is 59.3 Å². The van der Waals surface area contributed by atoms with Gasteiger partial charge in [-0.1, -0.05) is 24.3 Å². The minimum atomic E-state index is -0.915. The highest BCUT2D eigenvalue weighted by atomic mass is 16.5. The molecule has 0 spiro atoms. The molecule has 1 fully saturated rings. The van der Waals surface area contributed by atoms with Crippen LogP contribution in [0, 0.1) is 5.41 Å². The average molecular weight is 408 g/mol. The maximum atomic E-state index is 13.5. The summed E-state index contributed by atoms with van der Waals surface area (Å²) in [6.45, 7) is 2.28. The van der Waals surface area contributed by atoms with E-state index >= 15 is 0 Å². The Hall–Kier alpha value is -3.35.